The highest BCUT2D eigenvalue weighted by molar-refractivity contribution is 5.88. The van der Waals surface area contributed by atoms with Crippen molar-refractivity contribution in [2.45, 2.75) is 52.4 Å². The second-order valence-corrected chi connectivity index (χ2v) is 5.34. The van der Waals surface area contributed by atoms with Crippen LogP contribution < -0.4 is 0 Å². The average molecular weight is 295 g/mol. The molecule has 118 valence electrons. The molecule has 1 rings (SSSR count). The molecule has 5 nitrogen and oxygen atoms in total. The van der Waals surface area contributed by atoms with Crippen molar-refractivity contribution in [3.63, 3.8) is 0 Å². The fraction of sp³-hybridized carbons (Fsp3) is 0.625. The molecule has 0 atom stereocenters. The Kier molecular flexibility index (Phi) is 7.58. The lowest BCUT2D eigenvalue weighted by molar-refractivity contribution is -0.147. The van der Waals surface area contributed by atoms with E-state index in [-0.39, 0.29) is 19.2 Å². The van der Waals surface area contributed by atoms with Crippen molar-refractivity contribution in [1.29, 1.82) is 0 Å². The summed E-state index contributed by atoms with van der Waals surface area (Å²) in [6.45, 7) is 4.29. The van der Waals surface area contributed by atoms with Gasteiger partial charge in [-0.25, -0.2) is 4.79 Å². The van der Waals surface area contributed by atoms with Gasteiger partial charge in [-0.1, -0.05) is 32.6 Å². The Balaban J connectivity index is 2.23. The Morgan fingerprint density at radius 2 is 2.00 bits per heavy atom. The SMILES string of the molecule is CCCCCCCC(=O)OCN1C=CC(C)=C(C(=O)O)C1. The van der Waals surface area contributed by atoms with Gasteiger partial charge in [0.05, 0.1) is 12.1 Å². The van der Waals surface area contributed by atoms with Crippen LogP contribution in [0.25, 0.3) is 0 Å². The van der Waals surface area contributed by atoms with E-state index in [0.29, 0.717) is 12.0 Å². The minimum atomic E-state index is -0.927. The number of esters is 1. The van der Waals surface area contributed by atoms with E-state index in [1.165, 1.54) is 12.8 Å². The van der Waals surface area contributed by atoms with Crippen LogP contribution in [0.3, 0.4) is 0 Å². The fourth-order valence-electron chi connectivity index (χ4n) is 2.12. The number of carbonyl (C=O) groups excluding carboxylic acids is 1. The van der Waals surface area contributed by atoms with Crippen LogP contribution in [0.5, 0.6) is 0 Å². The lowest BCUT2D eigenvalue weighted by atomic mass is 10.1. The van der Waals surface area contributed by atoms with Crippen LogP contribution in [0.2, 0.25) is 0 Å². The minimum Gasteiger partial charge on any atom is -0.478 e. The van der Waals surface area contributed by atoms with Crippen LogP contribution in [-0.2, 0) is 14.3 Å². The summed E-state index contributed by atoms with van der Waals surface area (Å²) in [5.41, 5.74) is 1.08. The lowest BCUT2D eigenvalue weighted by Crippen LogP contribution is -2.29. The molecule has 0 unspecified atom stereocenters. The smallest absolute Gasteiger partial charge is 0.333 e. The van der Waals surface area contributed by atoms with Crippen molar-refractivity contribution in [2.75, 3.05) is 13.3 Å². The summed E-state index contributed by atoms with van der Waals surface area (Å²) in [5.74, 6) is -1.15. The highest BCUT2D eigenvalue weighted by atomic mass is 16.5. The van der Waals surface area contributed by atoms with E-state index in [9.17, 15) is 9.59 Å². The molecule has 0 amide bonds. The van der Waals surface area contributed by atoms with Crippen molar-refractivity contribution in [3.8, 4) is 0 Å². The second-order valence-electron chi connectivity index (χ2n) is 5.34. The number of hydrogen-bond donors (Lipinski definition) is 1. The first kappa shape index (κ1) is 17.3. The standard InChI is InChI=1S/C16H25NO4/c1-3-4-5-6-7-8-15(18)21-12-17-10-9-13(2)14(11-17)16(19)20/h9-10H,3-8,11-12H2,1-2H3,(H,19,20). The van der Waals surface area contributed by atoms with Crippen molar-refractivity contribution in [1.82, 2.24) is 4.90 Å². The maximum atomic E-state index is 11.6. The summed E-state index contributed by atoms with van der Waals surface area (Å²) in [6, 6.07) is 0. The molecule has 0 saturated carbocycles. The number of carbonyl (C=O) groups is 2. The Hall–Kier alpha value is -1.78. The largest absolute Gasteiger partial charge is 0.478 e. The Morgan fingerprint density at radius 1 is 1.29 bits per heavy atom. The monoisotopic (exact) mass is 295 g/mol. The molecular formula is C16H25NO4. The maximum absolute atomic E-state index is 11.6. The quantitative estimate of drug-likeness (QED) is 0.523. The molecule has 1 aliphatic heterocycles. The van der Waals surface area contributed by atoms with E-state index >= 15 is 0 Å². The first-order valence-electron chi connectivity index (χ1n) is 7.55. The van der Waals surface area contributed by atoms with Crippen LogP contribution in [0.4, 0.5) is 0 Å². The molecule has 0 aliphatic carbocycles. The molecule has 0 aromatic heterocycles. The third kappa shape index (κ3) is 6.47. The average Bonchev–Trinajstić information content (AvgIpc) is 2.46. The zero-order valence-electron chi connectivity index (χ0n) is 12.9. The van der Waals surface area contributed by atoms with Crippen LogP contribution in [0.1, 0.15) is 52.4 Å². The van der Waals surface area contributed by atoms with E-state index in [2.05, 4.69) is 6.92 Å². The molecule has 0 spiro atoms. The molecule has 1 aliphatic rings. The van der Waals surface area contributed by atoms with Gasteiger partial charge in [0.25, 0.3) is 0 Å². The molecule has 0 saturated heterocycles. The Morgan fingerprint density at radius 3 is 2.67 bits per heavy atom. The number of carboxylic acids is 1. The highest BCUT2D eigenvalue weighted by Gasteiger charge is 2.17. The highest BCUT2D eigenvalue weighted by Crippen LogP contribution is 2.15. The van der Waals surface area contributed by atoms with Crippen molar-refractivity contribution in [3.05, 3.63) is 23.4 Å². The van der Waals surface area contributed by atoms with Gasteiger partial charge in [0.1, 0.15) is 0 Å². The Bertz CT molecular complexity index is 426. The molecule has 0 bridgehead atoms. The van der Waals surface area contributed by atoms with Crippen LogP contribution >= 0.6 is 0 Å². The number of hydrogen-bond acceptors (Lipinski definition) is 4. The van der Waals surface area contributed by atoms with Crippen LogP contribution in [0, 0.1) is 0 Å². The van der Waals surface area contributed by atoms with Crippen LogP contribution in [-0.4, -0.2) is 35.2 Å². The number of ether oxygens (including phenoxy) is 1. The molecule has 0 fully saturated rings. The van der Waals surface area contributed by atoms with E-state index in [1.54, 1.807) is 24.1 Å². The zero-order chi connectivity index (χ0) is 15.7. The number of allylic oxidation sites excluding steroid dienone is 2. The summed E-state index contributed by atoms with van der Waals surface area (Å²) >= 11 is 0. The van der Waals surface area contributed by atoms with Gasteiger partial charge in [-0.3, -0.25) is 4.79 Å². The number of unbranched alkanes of at least 4 members (excludes halogenated alkanes) is 4. The predicted molar refractivity (Wildman–Crippen MR) is 80.5 cm³/mol. The van der Waals surface area contributed by atoms with Gasteiger partial charge in [0.15, 0.2) is 6.73 Å². The van der Waals surface area contributed by atoms with Crippen molar-refractivity contribution < 1.29 is 19.4 Å². The van der Waals surface area contributed by atoms with Crippen molar-refractivity contribution >= 4 is 11.9 Å². The van der Waals surface area contributed by atoms with Crippen molar-refractivity contribution in [2.24, 2.45) is 0 Å². The summed E-state index contributed by atoms with van der Waals surface area (Å²) in [5, 5.41) is 9.06. The second kappa shape index (κ2) is 9.21. The molecule has 0 radical (unpaired) electrons. The third-order valence-corrected chi connectivity index (χ3v) is 3.51. The van der Waals surface area contributed by atoms with Gasteiger partial charge in [-0.05, 0) is 25.0 Å². The van der Waals surface area contributed by atoms with Gasteiger partial charge in [-0.15, -0.1) is 0 Å². The minimum absolute atomic E-state index is 0.106. The predicted octanol–water partition coefficient (Wildman–Crippen LogP) is 3.08. The van der Waals surface area contributed by atoms with Gasteiger partial charge in [0, 0.05) is 12.6 Å². The maximum Gasteiger partial charge on any atom is 0.333 e. The third-order valence-electron chi connectivity index (χ3n) is 3.51. The molecule has 5 heteroatoms. The lowest BCUT2D eigenvalue weighted by Gasteiger charge is -2.24. The molecule has 0 aromatic carbocycles. The van der Waals surface area contributed by atoms with Gasteiger partial charge in [0.2, 0.25) is 0 Å². The summed E-state index contributed by atoms with van der Waals surface area (Å²) in [6.07, 6.45) is 9.38. The number of nitrogens with zero attached hydrogens (tertiary/aromatic N) is 1. The number of rotatable bonds is 9. The number of aliphatic carboxylic acids is 1. The van der Waals surface area contributed by atoms with Gasteiger partial charge < -0.3 is 14.7 Å². The van der Waals surface area contributed by atoms with E-state index in [1.807, 2.05) is 0 Å². The van der Waals surface area contributed by atoms with E-state index in [0.717, 1.165) is 24.8 Å². The first-order chi connectivity index (χ1) is 10.0. The molecule has 21 heavy (non-hydrogen) atoms. The van der Waals surface area contributed by atoms with Crippen LogP contribution in [0.15, 0.2) is 23.4 Å². The summed E-state index contributed by atoms with van der Waals surface area (Å²) in [7, 11) is 0. The van der Waals surface area contributed by atoms with Gasteiger partial charge in [-0.2, -0.15) is 0 Å². The Labute approximate surface area is 126 Å². The normalized spacial score (nSPS) is 14.5. The van der Waals surface area contributed by atoms with E-state index < -0.39 is 5.97 Å². The fourth-order valence-corrected chi connectivity index (χ4v) is 2.12. The zero-order valence-corrected chi connectivity index (χ0v) is 12.9. The first-order valence-corrected chi connectivity index (χ1v) is 7.55. The molecule has 0 aromatic rings. The topological polar surface area (TPSA) is 66.8 Å². The molecular weight excluding hydrogens is 270 g/mol. The summed E-state index contributed by atoms with van der Waals surface area (Å²) < 4.78 is 5.17. The summed E-state index contributed by atoms with van der Waals surface area (Å²) in [4.78, 5) is 24.3. The number of carboxylic acid groups (broad SMARTS) is 1. The van der Waals surface area contributed by atoms with E-state index in [4.69, 9.17) is 9.84 Å². The molecule has 1 heterocycles. The molecule has 1 N–H and O–H groups in total. The van der Waals surface area contributed by atoms with Gasteiger partial charge >= 0.3 is 11.9 Å².